The van der Waals surface area contributed by atoms with E-state index in [4.69, 9.17) is 18.9 Å². The molecule has 0 unspecified atom stereocenters. The Morgan fingerprint density at radius 1 is 0.761 bits per heavy atom. The van der Waals surface area contributed by atoms with Crippen LogP contribution in [-0.2, 0) is 22.1 Å². The van der Waals surface area contributed by atoms with Crippen molar-refractivity contribution in [2.24, 2.45) is 0 Å². The van der Waals surface area contributed by atoms with Crippen molar-refractivity contribution < 1.29 is 46.5 Å². The largest absolute Gasteiger partial charge is 0.493 e. The number of esters is 3. The van der Waals surface area contributed by atoms with Crippen LogP contribution in [-0.4, -0.2) is 31.1 Å². The van der Waals surface area contributed by atoms with Gasteiger partial charge in [-0.1, -0.05) is 51.3 Å². The quantitative estimate of drug-likeness (QED) is 0.0630. The molecule has 3 aromatic carbocycles. The van der Waals surface area contributed by atoms with E-state index in [2.05, 4.69) is 13.5 Å². The summed E-state index contributed by atoms with van der Waals surface area (Å²) in [6.07, 6.45) is 3.99. The predicted octanol–water partition coefficient (Wildman–Crippen LogP) is 8.85. The second kappa shape index (κ2) is 17.8. The van der Waals surface area contributed by atoms with Gasteiger partial charge < -0.3 is 18.9 Å². The Balaban J connectivity index is 1.60. The molecule has 0 fully saturated rings. The fourth-order valence-electron chi connectivity index (χ4n) is 4.51. The Kier molecular flexibility index (Phi) is 13.9. The van der Waals surface area contributed by atoms with Gasteiger partial charge in [0.05, 0.1) is 29.9 Å². The predicted molar refractivity (Wildman–Crippen MR) is 167 cm³/mol. The van der Waals surface area contributed by atoms with E-state index in [0.29, 0.717) is 36.8 Å². The fraction of sp³-hybridized carbons (Fsp3) is 0.361. The fourth-order valence-corrected chi connectivity index (χ4v) is 4.51. The van der Waals surface area contributed by atoms with Gasteiger partial charge in [0.2, 0.25) is 0 Å². The van der Waals surface area contributed by atoms with Crippen molar-refractivity contribution in [3.8, 4) is 17.2 Å². The number of carbonyl (C=O) groups is 3. The minimum atomic E-state index is -4.91. The zero-order valence-electron chi connectivity index (χ0n) is 26.1. The molecule has 10 heteroatoms. The van der Waals surface area contributed by atoms with Crippen molar-refractivity contribution in [2.75, 3.05) is 13.2 Å². The van der Waals surface area contributed by atoms with Gasteiger partial charge in [0, 0.05) is 6.08 Å². The van der Waals surface area contributed by atoms with E-state index in [0.717, 1.165) is 43.0 Å². The van der Waals surface area contributed by atoms with Crippen molar-refractivity contribution in [2.45, 2.75) is 71.4 Å². The molecule has 246 valence electrons. The maximum atomic E-state index is 14.0. The lowest BCUT2D eigenvalue weighted by molar-refractivity contribution is -0.139. The highest BCUT2D eigenvalue weighted by Crippen LogP contribution is 2.37. The third-order valence-corrected chi connectivity index (χ3v) is 7.04. The van der Waals surface area contributed by atoms with Gasteiger partial charge in [-0.05, 0) is 92.3 Å². The molecule has 3 aromatic rings. The van der Waals surface area contributed by atoms with E-state index in [1.165, 1.54) is 37.5 Å². The SMILES string of the molecule is C=CC(=O)OCCCCOc1ccc(C(=O)Oc2ccc(C(=O)Oc3ccc(CCCCCCC)cc3)cc2C(F)(F)F)cc1C. The smallest absolute Gasteiger partial charge is 0.420 e. The molecule has 0 N–H and O–H groups in total. The van der Waals surface area contributed by atoms with Gasteiger partial charge in [-0.3, -0.25) is 0 Å². The van der Waals surface area contributed by atoms with Gasteiger partial charge >= 0.3 is 24.1 Å². The number of alkyl halides is 3. The van der Waals surface area contributed by atoms with Crippen LogP contribution in [0.4, 0.5) is 13.2 Å². The normalized spacial score (nSPS) is 11.1. The average molecular weight is 641 g/mol. The molecule has 0 aromatic heterocycles. The minimum absolute atomic E-state index is 0.0159. The third-order valence-electron chi connectivity index (χ3n) is 7.04. The van der Waals surface area contributed by atoms with E-state index < -0.39 is 35.4 Å². The zero-order chi connectivity index (χ0) is 33.5. The molecular weight excluding hydrogens is 601 g/mol. The van der Waals surface area contributed by atoms with Crippen LogP contribution in [0.3, 0.4) is 0 Å². The molecule has 0 spiro atoms. The first-order chi connectivity index (χ1) is 22.0. The van der Waals surface area contributed by atoms with Crippen LogP contribution in [0.2, 0.25) is 0 Å². The van der Waals surface area contributed by atoms with Crippen LogP contribution in [0.5, 0.6) is 17.2 Å². The average Bonchev–Trinajstić information content (AvgIpc) is 3.03. The molecule has 0 aliphatic rings. The van der Waals surface area contributed by atoms with Crippen LogP contribution in [0.25, 0.3) is 0 Å². The number of ether oxygens (including phenoxy) is 4. The summed E-state index contributed by atoms with van der Waals surface area (Å²) in [6, 6.07) is 13.9. The van der Waals surface area contributed by atoms with E-state index in [1.807, 2.05) is 12.1 Å². The van der Waals surface area contributed by atoms with E-state index in [9.17, 15) is 27.6 Å². The molecule has 7 nitrogen and oxygen atoms in total. The third kappa shape index (κ3) is 11.4. The molecule has 0 radical (unpaired) electrons. The minimum Gasteiger partial charge on any atom is -0.493 e. The van der Waals surface area contributed by atoms with Crippen molar-refractivity contribution >= 4 is 17.9 Å². The molecule has 0 atom stereocenters. The number of benzene rings is 3. The number of hydrogen-bond donors (Lipinski definition) is 0. The summed E-state index contributed by atoms with van der Waals surface area (Å²) >= 11 is 0. The number of aryl methyl sites for hydroxylation is 2. The summed E-state index contributed by atoms with van der Waals surface area (Å²) < 4.78 is 62.9. The van der Waals surface area contributed by atoms with Crippen molar-refractivity contribution in [1.29, 1.82) is 0 Å². The number of unbranched alkanes of at least 4 members (excludes halogenated alkanes) is 5. The van der Waals surface area contributed by atoms with Crippen LogP contribution in [0.15, 0.2) is 73.3 Å². The van der Waals surface area contributed by atoms with Gasteiger partial charge in [0.1, 0.15) is 17.2 Å². The van der Waals surface area contributed by atoms with Crippen LogP contribution in [0, 0.1) is 6.92 Å². The summed E-state index contributed by atoms with van der Waals surface area (Å²) in [6.45, 7) is 7.71. The Labute approximate surface area is 267 Å². The first kappa shape index (κ1) is 35.9. The maximum absolute atomic E-state index is 14.0. The monoisotopic (exact) mass is 640 g/mol. The summed E-state index contributed by atoms with van der Waals surface area (Å²) in [4.78, 5) is 36.6. The van der Waals surface area contributed by atoms with Crippen molar-refractivity contribution in [3.63, 3.8) is 0 Å². The number of halogens is 3. The Bertz CT molecular complexity index is 1480. The molecular formula is C36H39F3O7. The highest BCUT2D eigenvalue weighted by Gasteiger charge is 2.36. The second-order valence-corrected chi connectivity index (χ2v) is 10.7. The second-order valence-electron chi connectivity index (χ2n) is 10.7. The van der Waals surface area contributed by atoms with E-state index >= 15 is 0 Å². The standard InChI is InChI=1S/C36H39F3O7/c1-4-6-7-8-9-12-26-13-17-29(18-14-26)45-34(41)28-16-20-32(30(24-28)36(37,38)39)46-35(42)27-15-19-31(25(3)23-27)43-21-10-11-22-44-33(40)5-2/h5,13-20,23-24H,2,4,6-12,21-22H2,1,3H3. The highest BCUT2D eigenvalue weighted by molar-refractivity contribution is 5.93. The van der Waals surface area contributed by atoms with E-state index in [1.54, 1.807) is 19.1 Å². The molecule has 46 heavy (non-hydrogen) atoms. The first-order valence-electron chi connectivity index (χ1n) is 15.3. The summed E-state index contributed by atoms with van der Waals surface area (Å²) in [7, 11) is 0. The van der Waals surface area contributed by atoms with Crippen molar-refractivity contribution in [3.05, 3.63) is 101 Å². The van der Waals surface area contributed by atoms with Gasteiger partial charge in [0.25, 0.3) is 0 Å². The van der Waals surface area contributed by atoms with E-state index in [-0.39, 0.29) is 23.5 Å². The summed E-state index contributed by atoms with van der Waals surface area (Å²) in [5.41, 5.74) is 0.0382. The molecule has 0 aliphatic heterocycles. The van der Waals surface area contributed by atoms with Crippen LogP contribution in [0.1, 0.15) is 89.3 Å². The molecule has 3 rings (SSSR count). The molecule has 0 amide bonds. The van der Waals surface area contributed by atoms with Gasteiger partial charge in [-0.2, -0.15) is 13.2 Å². The lowest BCUT2D eigenvalue weighted by atomic mass is 10.1. The Hall–Kier alpha value is -4.60. The Morgan fingerprint density at radius 2 is 1.39 bits per heavy atom. The molecule has 0 saturated carbocycles. The lowest BCUT2D eigenvalue weighted by Crippen LogP contribution is -2.16. The molecule has 0 heterocycles. The number of rotatable bonds is 17. The Morgan fingerprint density at radius 3 is 2.04 bits per heavy atom. The lowest BCUT2D eigenvalue weighted by Gasteiger charge is -2.15. The molecule has 0 aliphatic carbocycles. The zero-order valence-corrected chi connectivity index (χ0v) is 26.1. The highest BCUT2D eigenvalue weighted by atomic mass is 19.4. The topological polar surface area (TPSA) is 88.1 Å². The maximum Gasteiger partial charge on any atom is 0.420 e. The van der Waals surface area contributed by atoms with Gasteiger partial charge in [-0.25, -0.2) is 14.4 Å². The van der Waals surface area contributed by atoms with Crippen LogP contribution >= 0.6 is 0 Å². The first-order valence-corrected chi connectivity index (χ1v) is 15.3. The van der Waals surface area contributed by atoms with Gasteiger partial charge in [-0.15, -0.1) is 0 Å². The summed E-state index contributed by atoms with van der Waals surface area (Å²) in [5, 5.41) is 0. The molecule has 0 bridgehead atoms. The van der Waals surface area contributed by atoms with Crippen LogP contribution < -0.4 is 14.2 Å². The number of carbonyl (C=O) groups excluding carboxylic acids is 3. The van der Waals surface area contributed by atoms with Crippen molar-refractivity contribution in [1.82, 2.24) is 0 Å². The van der Waals surface area contributed by atoms with Gasteiger partial charge in [0.15, 0.2) is 0 Å². The number of hydrogen-bond acceptors (Lipinski definition) is 7. The molecule has 0 saturated heterocycles. The summed E-state index contributed by atoms with van der Waals surface area (Å²) in [5.74, 6) is -2.53.